The predicted molar refractivity (Wildman–Crippen MR) is 111 cm³/mol. The molecule has 5 rings (SSSR count). The number of amides is 1. The van der Waals surface area contributed by atoms with Crippen molar-refractivity contribution in [3.8, 4) is 5.13 Å². The van der Waals surface area contributed by atoms with Gasteiger partial charge in [0.05, 0.1) is 0 Å². The van der Waals surface area contributed by atoms with E-state index in [9.17, 15) is 4.79 Å². The van der Waals surface area contributed by atoms with Gasteiger partial charge in [-0.1, -0.05) is 11.3 Å². The molecular weight excluding hydrogens is 388 g/mol. The van der Waals surface area contributed by atoms with E-state index in [2.05, 4.69) is 30.0 Å². The van der Waals surface area contributed by atoms with Crippen LogP contribution in [-0.4, -0.2) is 74.8 Å². The van der Waals surface area contributed by atoms with E-state index < -0.39 is 0 Å². The normalized spacial score (nSPS) is 17.2. The molecule has 0 aromatic carbocycles. The summed E-state index contributed by atoms with van der Waals surface area (Å²) in [6.45, 7) is 4.76. The molecular formula is C19H22N8OS. The summed E-state index contributed by atoms with van der Waals surface area (Å²) >= 11 is 1.53. The molecule has 0 bridgehead atoms. The van der Waals surface area contributed by atoms with Gasteiger partial charge in [-0.3, -0.25) is 9.36 Å². The van der Waals surface area contributed by atoms with Crippen LogP contribution in [0.1, 0.15) is 23.3 Å². The van der Waals surface area contributed by atoms with Crippen molar-refractivity contribution in [2.24, 2.45) is 0 Å². The van der Waals surface area contributed by atoms with Crippen molar-refractivity contribution >= 4 is 28.3 Å². The number of anilines is 2. The summed E-state index contributed by atoms with van der Waals surface area (Å²) < 4.78 is 1.85. The molecule has 3 aromatic heterocycles. The van der Waals surface area contributed by atoms with Crippen LogP contribution in [0.3, 0.4) is 0 Å². The molecule has 150 valence electrons. The first kappa shape index (κ1) is 18.0. The number of carbonyl (C=O) groups excluding carboxylic acids is 1. The smallest absolute Gasteiger partial charge is 0.271 e. The van der Waals surface area contributed by atoms with Crippen LogP contribution >= 0.6 is 11.3 Å². The van der Waals surface area contributed by atoms with Gasteiger partial charge in [-0.05, 0) is 31.0 Å². The van der Waals surface area contributed by atoms with E-state index in [0.717, 1.165) is 23.4 Å². The van der Waals surface area contributed by atoms with Crippen LogP contribution in [0.2, 0.25) is 0 Å². The molecule has 2 aliphatic rings. The number of carbonyl (C=O) groups is 1. The number of hydrogen-bond acceptors (Lipinski definition) is 8. The highest BCUT2D eigenvalue weighted by atomic mass is 32.1. The van der Waals surface area contributed by atoms with Crippen molar-refractivity contribution in [2.75, 3.05) is 49.1 Å². The maximum atomic E-state index is 13.2. The summed E-state index contributed by atoms with van der Waals surface area (Å²) in [4.78, 5) is 28.0. The number of hydrogen-bond donors (Lipinski definition) is 0. The van der Waals surface area contributed by atoms with E-state index in [1.165, 1.54) is 24.2 Å². The molecule has 0 atom stereocenters. The number of aromatic nitrogens is 5. The fraction of sp³-hybridized carbons (Fsp3) is 0.421. The molecule has 9 nitrogen and oxygen atoms in total. The van der Waals surface area contributed by atoms with Crippen LogP contribution in [0.15, 0.2) is 36.8 Å². The van der Waals surface area contributed by atoms with E-state index in [1.807, 2.05) is 27.8 Å². The van der Waals surface area contributed by atoms with Crippen LogP contribution < -0.4 is 9.80 Å². The van der Waals surface area contributed by atoms with Crippen molar-refractivity contribution in [3.05, 3.63) is 42.5 Å². The lowest BCUT2D eigenvalue weighted by atomic mass is 10.3. The Hall–Kier alpha value is -3.01. The number of rotatable bonds is 4. The second-order valence-corrected chi connectivity index (χ2v) is 8.09. The lowest BCUT2D eigenvalue weighted by Gasteiger charge is -2.34. The summed E-state index contributed by atoms with van der Waals surface area (Å²) in [5.41, 5.74) is 0.624. The SMILES string of the molecule is O=C(c1cccn1-c1nnc(N2CCCC2)s1)N1CCN(c2ncccn2)CC1. The van der Waals surface area contributed by atoms with Gasteiger partial charge in [-0.25, -0.2) is 9.97 Å². The third kappa shape index (κ3) is 3.55. The molecule has 3 aromatic rings. The lowest BCUT2D eigenvalue weighted by molar-refractivity contribution is 0.0738. The Balaban J connectivity index is 1.29. The maximum Gasteiger partial charge on any atom is 0.271 e. The zero-order valence-corrected chi connectivity index (χ0v) is 16.8. The minimum Gasteiger partial charge on any atom is -0.347 e. The highest BCUT2D eigenvalue weighted by Crippen LogP contribution is 2.27. The van der Waals surface area contributed by atoms with Crippen molar-refractivity contribution in [1.29, 1.82) is 0 Å². The largest absolute Gasteiger partial charge is 0.347 e. The Morgan fingerprint density at radius 3 is 2.34 bits per heavy atom. The third-order valence-corrected chi connectivity index (χ3v) is 6.34. The van der Waals surface area contributed by atoms with Crippen LogP contribution in [0.25, 0.3) is 5.13 Å². The minimum absolute atomic E-state index is 0.0153. The van der Waals surface area contributed by atoms with Crippen LogP contribution in [-0.2, 0) is 0 Å². The number of piperazine rings is 1. The monoisotopic (exact) mass is 410 g/mol. The molecule has 0 saturated carbocycles. The van der Waals surface area contributed by atoms with Gasteiger partial charge >= 0.3 is 0 Å². The van der Waals surface area contributed by atoms with E-state index in [0.29, 0.717) is 37.8 Å². The van der Waals surface area contributed by atoms with Gasteiger partial charge in [0.1, 0.15) is 5.69 Å². The fourth-order valence-electron chi connectivity index (χ4n) is 3.79. The molecule has 0 aliphatic carbocycles. The maximum absolute atomic E-state index is 13.2. The summed E-state index contributed by atoms with van der Waals surface area (Å²) in [5, 5.41) is 10.3. The van der Waals surface area contributed by atoms with E-state index in [-0.39, 0.29) is 5.91 Å². The minimum atomic E-state index is 0.0153. The average Bonchev–Trinajstić information content (AvgIpc) is 3.54. The summed E-state index contributed by atoms with van der Waals surface area (Å²) in [6.07, 6.45) is 7.76. The first-order valence-corrected chi connectivity index (χ1v) is 10.7. The summed E-state index contributed by atoms with van der Waals surface area (Å²) in [7, 11) is 0. The molecule has 0 unspecified atom stereocenters. The Morgan fingerprint density at radius 1 is 0.862 bits per heavy atom. The first-order valence-electron chi connectivity index (χ1n) is 9.87. The molecule has 29 heavy (non-hydrogen) atoms. The zero-order valence-electron chi connectivity index (χ0n) is 16.0. The predicted octanol–water partition coefficient (Wildman–Crippen LogP) is 1.68. The van der Waals surface area contributed by atoms with Gasteiger partial charge in [0.2, 0.25) is 16.2 Å². The van der Waals surface area contributed by atoms with Gasteiger partial charge in [-0.15, -0.1) is 10.2 Å². The van der Waals surface area contributed by atoms with Gasteiger partial charge in [0.25, 0.3) is 5.91 Å². The quantitative estimate of drug-likeness (QED) is 0.647. The van der Waals surface area contributed by atoms with Crippen molar-refractivity contribution in [1.82, 2.24) is 29.6 Å². The number of nitrogens with zero attached hydrogens (tertiary/aromatic N) is 8. The van der Waals surface area contributed by atoms with Crippen LogP contribution in [0, 0.1) is 0 Å². The first-order chi connectivity index (χ1) is 14.3. The molecule has 0 radical (unpaired) electrons. The molecule has 1 amide bonds. The van der Waals surface area contributed by atoms with Gasteiger partial charge < -0.3 is 14.7 Å². The molecule has 10 heteroatoms. The van der Waals surface area contributed by atoms with E-state index >= 15 is 0 Å². The van der Waals surface area contributed by atoms with Crippen molar-refractivity contribution < 1.29 is 4.79 Å². The highest BCUT2D eigenvalue weighted by molar-refractivity contribution is 7.17. The van der Waals surface area contributed by atoms with Crippen molar-refractivity contribution in [3.63, 3.8) is 0 Å². The Bertz CT molecular complexity index is 973. The molecule has 2 saturated heterocycles. The molecule has 0 spiro atoms. The molecule has 5 heterocycles. The lowest BCUT2D eigenvalue weighted by Crippen LogP contribution is -2.49. The second-order valence-electron chi connectivity index (χ2n) is 7.15. The second kappa shape index (κ2) is 7.78. The zero-order chi connectivity index (χ0) is 19.6. The molecule has 2 aliphatic heterocycles. The topological polar surface area (TPSA) is 83.3 Å². The Labute approximate surface area is 172 Å². The van der Waals surface area contributed by atoms with Gasteiger partial charge in [0.15, 0.2) is 0 Å². The summed E-state index contributed by atoms with van der Waals surface area (Å²) in [5.74, 6) is 0.729. The third-order valence-electron chi connectivity index (χ3n) is 5.36. The highest BCUT2D eigenvalue weighted by Gasteiger charge is 2.26. The molecule has 2 fully saturated rings. The average molecular weight is 411 g/mol. The summed E-state index contributed by atoms with van der Waals surface area (Å²) in [6, 6.07) is 5.55. The Kier molecular flexibility index (Phi) is 4.84. The standard InChI is InChI=1S/C19H22N8OS/c28-16(24-11-13-25(14-12-24)17-20-6-4-7-21-17)15-5-3-10-27(15)19-23-22-18(29-19)26-8-1-2-9-26/h3-7,10H,1-2,8-9,11-14H2. The fourth-order valence-corrected chi connectivity index (χ4v) is 4.69. The van der Waals surface area contributed by atoms with E-state index in [4.69, 9.17) is 0 Å². The Morgan fingerprint density at radius 2 is 1.59 bits per heavy atom. The van der Waals surface area contributed by atoms with Crippen molar-refractivity contribution in [2.45, 2.75) is 12.8 Å². The van der Waals surface area contributed by atoms with E-state index in [1.54, 1.807) is 18.5 Å². The van der Waals surface area contributed by atoms with Crippen LogP contribution in [0.5, 0.6) is 0 Å². The molecule has 0 N–H and O–H groups in total. The van der Waals surface area contributed by atoms with Crippen LogP contribution in [0.4, 0.5) is 11.1 Å². The van der Waals surface area contributed by atoms with Gasteiger partial charge in [0, 0.05) is 57.9 Å². The van der Waals surface area contributed by atoms with Gasteiger partial charge in [-0.2, -0.15) is 0 Å².